The van der Waals surface area contributed by atoms with Gasteiger partial charge in [0.15, 0.2) is 0 Å². The Bertz CT molecular complexity index is 195. The van der Waals surface area contributed by atoms with Crippen LogP contribution in [0.4, 0.5) is 0 Å². The summed E-state index contributed by atoms with van der Waals surface area (Å²) in [5.74, 6) is -1.37. The molecular formula is C7H8N2O. The zero-order valence-electron chi connectivity index (χ0n) is 5.96. The fraction of sp³-hybridized carbons (Fsp3) is 0.571. The highest BCUT2D eigenvalue weighted by Crippen LogP contribution is 2.09. The zero-order chi connectivity index (χ0) is 8.15. The number of hydrogen-bond donors (Lipinski definition) is 0. The van der Waals surface area contributed by atoms with E-state index in [2.05, 4.69) is 0 Å². The summed E-state index contributed by atoms with van der Waals surface area (Å²) in [6.07, 6.45) is 0. The van der Waals surface area contributed by atoms with E-state index in [1.807, 2.05) is 0 Å². The van der Waals surface area contributed by atoms with Gasteiger partial charge in [-0.05, 0) is 6.92 Å². The first-order valence-corrected chi connectivity index (χ1v) is 2.93. The molecule has 52 valence electrons. The van der Waals surface area contributed by atoms with Crippen LogP contribution < -0.4 is 0 Å². The molecule has 0 heterocycles. The van der Waals surface area contributed by atoms with Gasteiger partial charge in [0.1, 0.15) is 11.7 Å². The molecule has 3 heteroatoms. The third-order valence-electron chi connectivity index (χ3n) is 1.42. The minimum absolute atomic E-state index is 0.117. The number of Topliss-reactive ketones (excluding diaryl/α,β-unsaturated/α-hetero) is 1. The Kier molecular flexibility index (Phi) is 3.14. The second kappa shape index (κ2) is 3.63. The summed E-state index contributed by atoms with van der Waals surface area (Å²) >= 11 is 0. The molecule has 3 nitrogen and oxygen atoms in total. The van der Waals surface area contributed by atoms with Crippen molar-refractivity contribution in [2.45, 2.75) is 13.8 Å². The molecule has 0 spiro atoms. The van der Waals surface area contributed by atoms with Crippen LogP contribution in [0, 0.1) is 34.5 Å². The molecule has 1 unspecified atom stereocenters. The van der Waals surface area contributed by atoms with Crippen molar-refractivity contribution in [3.05, 3.63) is 0 Å². The lowest BCUT2D eigenvalue weighted by atomic mass is 9.94. The maximum atomic E-state index is 10.6. The van der Waals surface area contributed by atoms with E-state index < -0.39 is 11.8 Å². The van der Waals surface area contributed by atoms with Gasteiger partial charge in [0.25, 0.3) is 0 Å². The van der Waals surface area contributed by atoms with Gasteiger partial charge >= 0.3 is 0 Å². The highest BCUT2D eigenvalue weighted by Gasteiger charge is 2.19. The molecule has 0 aromatic heterocycles. The SMILES string of the molecule is CC(=O)C(C)C(C#N)C#N. The van der Waals surface area contributed by atoms with Crippen molar-refractivity contribution in [3.8, 4) is 12.1 Å². The average Bonchev–Trinajstić information content (AvgIpc) is 1.90. The molecule has 0 rings (SSSR count). The van der Waals surface area contributed by atoms with E-state index in [4.69, 9.17) is 10.5 Å². The minimum Gasteiger partial charge on any atom is -0.300 e. The number of ketones is 1. The van der Waals surface area contributed by atoms with Gasteiger partial charge in [-0.2, -0.15) is 10.5 Å². The van der Waals surface area contributed by atoms with Crippen LogP contribution in [0.25, 0.3) is 0 Å². The summed E-state index contributed by atoms with van der Waals surface area (Å²) in [5, 5.41) is 16.6. The van der Waals surface area contributed by atoms with Gasteiger partial charge in [0, 0.05) is 5.92 Å². The van der Waals surface area contributed by atoms with E-state index in [0.717, 1.165) is 0 Å². The van der Waals surface area contributed by atoms with Gasteiger partial charge in [0.2, 0.25) is 0 Å². The quantitative estimate of drug-likeness (QED) is 0.565. The van der Waals surface area contributed by atoms with E-state index >= 15 is 0 Å². The fourth-order valence-electron chi connectivity index (χ4n) is 0.487. The van der Waals surface area contributed by atoms with Crippen molar-refractivity contribution in [3.63, 3.8) is 0 Å². The minimum atomic E-state index is -0.794. The van der Waals surface area contributed by atoms with Crippen LogP contribution in [0.3, 0.4) is 0 Å². The summed E-state index contributed by atoms with van der Waals surface area (Å²) in [6, 6.07) is 3.50. The van der Waals surface area contributed by atoms with Gasteiger partial charge < -0.3 is 0 Å². The second-order valence-corrected chi connectivity index (χ2v) is 2.14. The predicted octanol–water partition coefficient (Wildman–Crippen LogP) is 0.875. The number of rotatable bonds is 2. The monoisotopic (exact) mass is 136 g/mol. The Morgan fingerprint density at radius 2 is 1.80 bits per heavy atom. The highest BCUT2D eigenvalue weighted by molar-refractivity contribution is 5.78. The molecule has 0 saturated heterocycles. The van der Waals surface area contributed by atoms with Crippen molar-refractivity contribution < 1.29 is 4.79 Å². The van der Waals surface area contributed by atoms with Gasteiger partial charge in [-0.1, -0.05) is 6.92 Å². The molecule has 0 aromatic carbocycles. The zero-order valence-corrected chi connectivity index (χ0v) is 5.96. The number of nitrogens with zero attached hydrogens (tertiary/aromatic N) is 2. The molecule has 0 bridgehead atoms. The summed E-state index contributed by atoms with van der Waals surface area (Å²) in [6.45, 7) is 2.96. The van der Waals surface area contributed by atoms with Crippen molar-refractivity contribution in [2.24, 2.45) is 11.8 Å². The third-order valence-corrected chi connectivity index (χ3v) is 1.42. The Hall–Kier alpha value is -1.35. The average molecular weight is 136 g/mol. The number of carbonyl (C=O) groups is 1. The van der Waals surface area contributed by atoms with Crippen molar-refractivity contribution in [1.29, 1.82) is 10.5 Å². The molecule has 0 fully saturated rings. The van der Waals surface area contributed by atoms with Gasteiger partial charge in [0.05, 0.1) is 12.1 Å². The molecule has 0 aliphatic rings. The lowest BCUT2D eigenvalue weighted by Gasteiger charge is -2.04. The van der Waals surface area contributed by atoms with E-state index in [9.17, 15) is 4.79 Å². The summed E-state index contributed by atoms with van der Waals surface area (Å²) in [5.41, 5.74) is 0. The van der Waals surface area contributed by atoms with E-state index in [1.54, 1.807) is 19.1 Å². The topological polar surface area (TPSA) is 64.7 Å². The predicted molar refractivity (Wildman–Crippen MR) is 34.6 cm³/mol. The van der Waals surface area contributed by atoms with Crippen molar-refractivity contribution in [1.82, 2.24) is 0 Å². The second-order valence-electron chi connectivity index (χ2n) is 2.14. The van der Waals surface area contributed by atoms with Crippen LogP contribution >= 0.6 is 0 Å². The molecule has 0 aromatic rings. The smallest absolute Gasteiger partial charge is 0.142 e. The maximum Gasteiger partial charge on any atom is 0.142 e. The molecule has 10 heavy (non-hydrogen) atoms. The first-order valence-electron chi connectivity index (χ1n) is 2.93. The first kappa shape index (κ1) is 8.65. The van der Waals surface area contributed by atoms with Crippen LogP contribution in [0.15, 0.2) is 0 Å². The molecule has 0 aliphatic carbocycles. The highest BCUT2D eigenvalue weighted by atomic mass is 16.1. The molecule has 1 atom stereocenters. The molecule has 0 N–H and O–H groups in total. The van der Waals surface area contributed by atoms with E-state index in [1.165, 1.54) is 6.92 Å². The molecule has 0 radical (unpaired) electrons. The Morgan fingerprint density at radius 3 is 1.90 bits per heavy atom. The van der Waals surface area contributed by atoms with Gasteiger partial charge in [-0.25, -0.2) is 0 Å². The normalized spacial score (nSPS) is 11.7. The molecule has 0 amide bonds. The van der Waals surface area contributed by atoms with Crippen LogP contribution in [0.5, 0.6) is 0 Å². The maximum absolute atomic E-state index is 10.6. The molecule has 0 saturated carbocycles. The summed E-state index contributed by atoms with van der Waals surface area (Å²) in [7, 11) is 0. The Balaban J connectivity index is 4.23. The molecular weight excluding hydrogens is 128 g/mol. The summed E-state index contributed by atoms with van der Waals surface area (Å²) < 4.78 is 0. The standard InChI is InChI=1S/C7H8N2O/c1-5(6(2)10)7(3-8)4-9/h5,7H,1-2H3. The van der Waals surface area contributed by atoms with E-state index in [-0.39, 0.29) is 5.78 Å². The lowest BCUT2D eigenvalue weighted by Crippen LogP contribution is -2.15. The van der Waals surface area contributed by atoms with Gasteiger partial charge in [-0.3, -0.25) is 4.79 Å². The Morgan fingerprint density at radius 1 is 1.40 bits per heavy atom. The largest absolute Gasteiger partial charge is 0.300 e. The molecule has 0 aliphatic heterocycles. The summed E-state index contributed by atoms with van der Waals surface area (Å²) in [4.78, 5) is 10.6. The number of hydrogen-bond acceptors (Lipinski definition) is 3. The first-order chi connectivity index (χ1) is 4.63. The van der Waals surface area contributed by atoms with E-state index in [0.29, 0.717) is 0 Å². The lowest BCUT2D eigenvalue weighted by molar-refractivity contribution is -0.120. The number of carbonyl (C=O) groups excluding carboxylic acids is 1. The van der Waals surface area contributed by atoms with Crippen LogP contribution in [-0.4, -0.2) is 5.78 Å². The van der Waals surface area contributed by atoms with Crippen LogP contribution in [0.2, 0.25) is 0 Å². The van der Waals surface area contributed by atoms with Crippen LogP contribution in [-0.2, 0) is 4.79 Å². The van der Waals surface area contributed by atoms with Crippen molar-refractivity contribution >= 4 is 5.78 Å². The van der Waals surface area contributed by atoms with Crippen LogP contribution in [0.1, 0.15) is 13.8 Å². The Labute approximate surface area is 59.9 Å². The van der Waals surface area contributed by atoms with Crippen molar-refractivity contribution in [2.75, 3.05) is 0 Å². The third kappa shape index (κ3) is 1.87. The number of nitriles is 2. The fourth-order valence-corrected chi connectivity index (χ4v) is 0.487. The van der Waals surface area contributed by atoms with Gasteiger partial charge in [-0.15, -0.1) is 0 Å².